The molecule has 3 heterocycles. The molecule has 2 fully saturated rings. The van der Waals surface area contributed by atoms with Crippen LogP contribution < -0.4 is 4.74 Å². The molecule has 0 N–H and O–H groups in total. The van der Waals surface area contributed by atoms with Crippen molar-refractivity contribution in [3.8, 4) is 5.75 Å². The van der Waals surface area contributed by atoms with Crippen LogP contribution in [0.5, 0.6) is 5.75 Å². The van der Waals surface area contributed by atoms with Crippen LogP contribution in [-0.2, 0) is 0 Å². The number of ketones is 1. The van der Waals surface area contributed by atoms with E-state index in [1.54, 1.807) is 0 Å². The lowest BCUT2D eigenvalue weighted by Crippen LogP contribution is -2.43. The monoisotopic (exact) mass is 409 g/mol. The number of ether oxygens (including phenoxy) is 1. The summed E-state index contributed by atoms with van der Waals surface area (Å²) >= 11 is 0. The zero-order valence-electron chi connectivity index (χ0n) is 18.3. The molecule has 0 bridgehead atoms. The van der Waals surface area contributed by atoms with E-state index in [0.29, 0.717) is 40.9 Å². The van der Waals surface area contributed by atoms with Crippen LogP contribution in [0.3, 0.4) is 0 Å². The number of benzene rings is 1. The van der Waals surface area contributed by atoms with Crippen LogP contribution in [0.15, 0.2) is 16.5 Å². The first-order valence-electron chi connectivity index (χ1n) is 11.4. The molecule has 1 saturated heterocycles. The quantitative estimate of drug-likeness (QED) is 0.621. The van der Waals surface area contributed by atoms with Crippen LogP contribution in [0.25, 0.3) is 11.0 Å². The van der Waals surface area contributed by atoms with Crippen molar-refractivity contribution in [1.82, 2.24) is 4.90 Å². The Bertz CT molecular complexity index is 1000. The van der Waals surface area contributed by atoms with E-state index < -0.39 is 0 Å². The molecule has 1 spiro atoms. The maximum atomic E-state index is 13.3. The van der Waals surface area contributed by atoms with Gasteiger partial charge in [0.15, 0.2) is 11.5 Å². The zero-order chi connectivity index (χ0) is 21.0. The van der Waals surface area contributed by atoms with Crippen LogP contribution in [0.2, 0.25) is 0 Å². The summed E-state index contributed by atoms with van der Waals surface area (Å²) in [6, 6.07) is 3.71. The predicted molar refractivity (Wildman–Crippen MR) is 115 cm³/mol. The molecule has 5 nitrogen and oxygen atoms in total. The highest BCUT2D eigenvalue weighted by Crippen LogP contribution is 2.45. The SMILES string of the molecule is Cc1c(C(=O)N2CC(C)CC(C)C2)oc2ccc3c(c12)C(=O)CC1(CCCCC1)O3. The number of nitrogens with zero attached hydrogens (tertiary/aromatic N) is 1. The number of amides is 1. The summed E-state index contributed by atoms with van der Waals surface area (Å²) in [6.45, 7) is 7.78. The topological polar surface area (TPSA) is 59.8 Å². The lowest BCUT2D eigenvalue weighted by atomic mass is 9.78. The number of rotatable bonds is 1. The minimum atomic E-state index is -0.341. The van der Waals surface area contributed by atoms with Gasteiger partial charge in [0.2, 0.25) is 0 Å². The summed E-state index contributed by atoms with van der Waals surface area (Å²) in [4.78, 5) is 28.5. The lowest BCUT2D eigenvalue weighted by molar-refractivity contribution is 0.0139. The molecule has 0 radical (unpaired) electrons. The average molecular weight is 410 g/mol. The molecule has 1 saturated carbocycles. The average Bonchev–Trinajstić information content (AvgIpc) is 3.03. The first-order chi connectivity index (χ1) is 14.4. The molecular weight excluding hydrogens is 378 g/mol. The second-order valence-electron chi connectivity index (χ2n) is 9.97. The predicted octanol–water partition coefficient (Wildman–Crippen LogP) is 5.53. The Balaban J connectivity index is 1.54. The zero-order valence-corrected chi connectivity index (χ0v) is 18.3. The minimum absolute atomic E-state index is 0.0659. The number of likely N-dealkylation sites (tertiary alicyclic amines) is 1. The van der Waals surface area contributed by atoms with Gasteiger partial charge in [0, 0.05) is 24.0 Å². The van der Waals surface area contributed by atoms with Gasteiger partial charge in [-0.2, -0.15) is 0 Å². The molecule has 160 valence electrons. The van der Waals surface area contributed by atoms with E-state index >= 15 is 0 Å². The van der Waals surface area contributed by atoms with Gasteiger partial charge >= 0.3 is 0 Å². The summed E-state index contributed by atoms with van der Waals surface area (Å²) in [5.74, 6) is 2.04. The Morgan fingerprint density at radius 1 is 1.10 bits per heavy atom. The third-order valence-electron chi connectivity index (χ3n) is 7.26. The highest BCUT2D eigenvalue weighted by molar-refractivity contribution is 6.13. The highest BCUT2D eigenvalue weighted by Gasteiger charge is 2.43. The Labute approximate surface area is 177 Å². The number of piperidine rings is 1. The second kappa shape index (κ2) is 7.14. The van der Waals surface area contributed by atoms with Crippen LogP contribution in [0.4, 0.5) is 0 Å². The van der Waals surface area contributed by atoms with Gasteiger partial charge in [-0.15, -0.1) is 0 Å². The normalized spacial score (nSPS) is 26.0. The highest BCUT2D eigenvalue weighted by atomic mass is 16.5. The summed E-state index contributed by atoms with van der Waals surface area (Å²) in [6.07, 6.45) is 6.89. The Morgan fingerprint density at radius 2 is 1.80 bits per heavy atom. The Hall–Kier alpha value is -2.30. The van der Waals surface area contributed by atoms with Gasteiger partial charge in [-0.25, -0.2) is 0 Å². The number of Topliss-reactive ketones (excluding diaryl/α,β-unsaturated/α-hetero) is 1. The van der Waals surface area contributed by atoms with E-state index in [1.165, 1.54) is 6.42 Å². The van der Waals surface area contributed by atoms with Crippen molar-refractivity contribution in [2.24, 2.45) is 11.8 Å². The van der Waals surface area contributed by atoms with Gasteiger partial charge in [0.1, 0.15) is 16.9 Å². The molecule has 1 amide bonds. The largest absolute Gasteiger partial charge is 0.486 e. The number of hydrogen-bond donors (Lipinski definition) is 0. The van der Waals surface area contributed by atoms with Gasteiger partial charge in [-0.05, 0) is 63.0 Å². The van der Waals surface area contributed by atoms with Crippen molar-refractivity contribution < 1.29 is 18.7 Å². The third-order valence-corrected chi connectivity index (χ3v) is 7.26. The number of fused-ring (bicyclic) bond motifs is 3. The first-order valence-corrected chi connectivity index (χ1v) is 11.4. The van der Waals surface area contributed by atoms with E-state index in [2.05, 4.69) is 13.8 Å². The second-order valence-corrected chi connectivity index (χ2v) is 9.97. The maximum absolute atomic E-state index is 13.3. The molecule has 1 aromatic carbocycles. The third kappa shape index (κ3) is 3.14. The molecule has 1 aliphatic carbocycles. The van der Waals surface area contributed by atoms with E-state index in [-0.39, 0.29) is 17.3 Å². The molecular formula is C25H31NO4. The molecule has 1 aromatic heterocycles. The standard InChI is InChI=1S/C25H31NO4/c1-15-11-16(2)14-26(13-15)24(28)23-17(3)21-19(29-23)7-8-20-22(21)18(27)12-25(30-20)9-5-4-6-10-25/h7-8,15-16H,4-6,9-14H2,1-3H3. The van der Waals surface area contributed by atoms with Crippen molar-refractivity contribution in [2.75, 3.05) is 13.1 Å². The number of hydrogen-bond acceptors (Lipinski definition) is 4. The summed E-state index contributed by atoms with van der Waals surface area (Å²) < 4.78 is 12.5. The first kappa shape index (κ1) is 19.7. The number of carbonyl (C=O) groups excluding carboxylic acids is 2. The molecule has 30 heavy (non-hydrogen) atoms. The molecule has 5 heteroatoms. The van der Waals surface area contributed by atoms with Crippen LogP contribution in [0.1, 0.15) is 85.3 Å². The summed E-state index contributed by atoms with van der Waals surface area (Å²) in [5, 5.41) is 0.754. The van der Waals surface area contributed by atoms with Gasteiger partial charge in [-0.1, -0.05) is 20.3 Å². The summed E-state index contributed by atoms with van der Waals surface area (Å²) in [5.41, 5.74) is 1.62. The molecule has 2 aliphatic heterocycles. The van der Waals surface area contributed by atoms with Gasteiger partial charge in [-0.3, -0.25) is 9.59 Å². The van der Waals surface area contributed by atoms with Crippen LogP contribution in [0, 0.1) is 18.8 Å². The molecule has 2 atom stereocenters. The van der Waals surface area contributed by atoms with Gasteiger partial charge in [0.25, 0.3) is 5.91 Å². The van der Waals surface area contributed by atoms with E-state index in [4.69, 9.17) is 9.15 Å². The fourth-order valence-corrected chi connectivity index (χ4v) is 5.99. The fraction of sp³-hybridized carbons (Fsp3) is 0.600. The van der Waals surface area contributed by atoms with Crippen molar-refractivity contribution in [2.45, 2.75) is 71.3 Å². The lowest BCUT2D eigenvalue weighted by Gasteiger charge is -2.40. The fourth-order valence-electron chi connectivity index (χ4n) is 5.99. The van der Waals surface area contributed by atoms with E-state index in [9.17, 15) is 9.59 Å². The number of furan rings is 1. The van der Waals surface area contributed by atoms with Gasteiger partial charge in [0.05, 0.1) is 12.0 Å². The van der Waals surface area contributed by atoms with Crippen molar-refractivity contribution >= 4 is 22.7 Å². The molecule has 2 unspecified atom stereocenters. The molecule has 5 rings (SSSR count). The maximum Gasteiger partial charge on any atom is 0.289 e. The van der Waals surface area contributed by atoms with Crippen LogP contribution >= 0.6 is 0 Å². The van der Waals surface area contributed by atoms with E-state index in [0.717, 1.165) is 56.1 Å². The minimum Gasteiger partial charge on any atom is -0.486 e. The van der Waals surface area contributed by atoms with Crippen molar-refractivity contribution in [3.05, 3.63) is 29.0 Å². The van der Waals surface area contributed by atoms with Crippen molar-refractivity contribution in [3.63, 3.8) is 0 Å². The van der Waals surface area contributed by atoms with Gasteiger partial charge < -0.3 is 14.1 Å². The molecule has 2 aromatic rings. The Kier molecular flexibility index (Phi) is 4.68. The van der Waals surface area contributed by atoms with Crippen molar-refractivity contribution in [1.29, 1.82) is 0 Å². The van der Waals surface area contributed by atoms with Crippen LogP contribution in [-0.4, -0.2) is 35.3 Å². The number of carbonyl (C=O) groups is 2. The Morgan fingerprint density at radius 3 is 2.50 bits per heavy atom. The number of aryl methyl sites for hydroxylation is 1. The summed E-state index contributed by atoms with van der Waals surface area (Å²) in [7, 11) is 0. The molecule has 3 aliphatic rings. The smallest absolute Gasteiger partial charge is 0.289 e. The van der Waals surface area contributed by atoms with E-state index in [1.807, 2.05) is 24.0 Å².